The van der Waals surface area contributed by atoms with E-state index in [-0.39, 0.29) is 13.2 Å². The minimum atomic E-state index is -0.893. The molecule has 0 aliphatic rings. The van der Waals surface area contributed by atoms with E-state index < -0.39 is 12.2 Å². The molecule has 0 saturated carbocycles. The van der Waals surface area contributed by atoms with Crippen LogP contribution in [0.5, 0.6) is 23.0 Å². The van der Waals surface area contributed by atoms with Crippen LogP contribution < -0.4 is 9.47 Å². The molecule has 8 nitrogen and oxygen atoms in total. The Kier molecular flexibility index (Phi) is 8.88. The molecule has 38 heavy (non-hydrogen) atoms. The van der Waals surface area contributed by atoms with Gasteiger partial charge in [-0.2, -0.15) is 0 Å². The highest BCUT2D eigenvalue weighted by Gasteiger charge is 2.15. The van der Waals surface area contributed by atoms with Gasteiger partial charge in [-0.25, -0.2) is 9.78 Å². The number of hydrogen-bond acceptors (Lipinski definition) is 8. The molecule has 0 fully saturated rings. The van der Waals surface area contributed by atoms with Crippen molar-refractivity contribution in [2.75, 3.05) is 13.2 Å². The Morgan fingerprint density at radius 2 is 0.921 bits per heavy atom. The largest absolute Gasteiger partial charge is 0.457 e. The molecule has 4 aromatic carbocycles. The standard InChI is InChI=1S/C30H28O8/c1-19(29(17-31)37-33)21-3-9-25(10-4-21)35-27-13-7-23-8-14-28(16-24(23)15-27)36-26-11-5-22(6-12-26)20(2)30(18-32)38-34/h3-16,29-34H,1-2,17-18H2. The Labute approximate surface area is 219 Å². The Balaban J connectivity index is 1.46. The highest BCUT2D eigenvalue weighted by molar-refractivity contribution is 5.85. The van der Waals surface area contributed by atoms with Gasteiger partial charge in [0.05, 0.1) is 13.2 Å². The third-order valence-electron chi connectivity index (χ3n) is 6.07. The molecular formula is C30H28O8. The lowest BCUT2D eigenvalue weighted by Crippen LogP contribution is -2.17. The SMILES string of the molecule is C=C(c1ccc(Oc2ccc3ccc(Oc4ccc(C(=C)C(CO)OO)cc4)cc3c2)cc1)C(CO)OO. The predicted octanol–water partition coefficient (Wildman–Crippen LogP) is 6.15. The summed E-state index contributed by atoms with van der Waals surface area (Å²) in [5.74, 6) is 2.49. The van der Waals surface area contributed by atoms with E-state index in [2.05, 4.69) is 22.9 Å². The highest BCUT2D eigenvalue weighted by atomic mass is 17.1. The van der Waals surface area contributed by atoms with Crippen molar-refractivity contribution < 1.29 is 40.0 Å². The summed E-state index contributed by atoms with van der Waals surface area (Å²) in [7, 11) is 0. The number of rotatable bonds is 12. The highest BCUT2D eigenvalue weighted by Crippen LogP contribution is 2.31. The summed E-state index contributed by atoms with van der Waals surface area (Å²) in [6, 6.07) is 25.6. The zero-order chi connectivity index (χ0) is 27.1. The predicted molar refractivity (Wildman–Crippen MR) is 144 cm³/mol. The molecule has 0 saturated heterocycles. The van der Waals surface area contributed by atoms with Crippen molar-refractivity contribution in [3.05, 3.63) is 109 Å². The van der Waals surface area contributed by atoms with Crippen molar-refractivity contribution in [2.24, 2.45) is 0 Å². The lowest BCUT2D eigenvalue weighted by Gasteiger charge is -2.14. The summed E-state index contributed by atoms with van der Waals surface area (Å²) in [6.45, 7) is 6.94. The monoisotopic (exact) mass is 516 g/mol. The Morgan fingerprint density at radius 1 is 0.553 bits per heavy atom. The average molecular weight is 517 g/mol. The number of hydrogen-bond donors (Lipinski definition) is 4. The number of aliphatic hydroxyl groups excluding tert-OH is 2. The van der Waals surface area contributed by atoms with Crippen LogP contribution >= 0.6 is 0 Å². The fraction of sp³-hybridized carbons (Fsp3) is 0.133. The lowest BCUT2D eigenvalue weighted by molar-refractivity contribution is -0.268. The third kappa shape index (κ3) is 6.27. The molecule has 4 aromatic rings. The fourth-order valence-electron chi connectivity index (χ4n) is 3.86. The second kappa shape index (κ2) is 12.5. The second-order valence-corrected chi connectivity index (χ2v) is 8.53. The van der Waals surface area contributed by atoms with Gasteiger partial charge in [-0.1, -0.05) is 49.6 Å². The van der Waals surface area contributed by atoms with Gasteiger partial charge in [-0.3, -0.25) is 10.5 Å². The van der Waals surface area contributed by atoms with Crippen LogP contribution in [0.15, 0.2) is 98.1 Å². The zero-order valence-corrected chi connectivity index (χ0v) is 20.5. The third-order valence-corrected chi connectivity index (χ3v) is 6.07. The molecule has 0 spiro atoms. The van der Waals surface area contributed by atoms with E-state index in [1.165, 1.54) is 0 Å². The maximum absolute atomic E-state index is 9.26. The maximum Gasteiger partial charge on any atom is 0.141 e. The fourth-order valence-corrected chi connectivity index (χ4v) is 3.86. The van der Waals surface area contributed by atoms with Gasteiger partial charge in [0.1, 0.15) is 35.2 Å². The molecule has 4 rings (SSSR count). The minimum absolute atomic E-state index is 0.386. The number of fused-ring (bicyclic) bond motifs is 1. The number of ether oxygens (including phenoxy) is 2. The van der Waals surface area contributed by atoms with Crippen molar-refractivity contribution in [1.29, 1.82) is 0 Å². The smallest absolute Gasteiger partial charge is 0.141 e. The van der Waals surface area contributed by atoms with Gasteiger partial charge in [-0.05, 0) is 81.6 Å². The van der Waals surface area contributed by atoms with Crippen LogP contribution in [0.3, 0.4) is 0 Å². The van der Waals surface area contributed by atoms with Crippen LogP contribution in [0, 0.1) is 0 Å². The first-order chi connectivity index (χ1) is 18.4. The molecule has 0 aliphatic heterocycles. The van der Waals surface area contributed by atoms with E-state index in [4.69, 9.17) is 20.0 Å². The Bertz CT molecular complexity index is 1280. The first-order valence-electron chi connectivity index (χ1n) is 11.8. The van der Waals surface area contributed by atoms with Crippen molar-refractivity contribution in [3.8, 4) is 23.0 Å². The van der Waals surface area contributed by atoms with Gasteiger partial charge in [0.2, 0.25) is 0 Å². The second-order valence-electron chi connectivity index (χ2n) is 8.53. The first-order valence-corrected chi connectivity index (χ1v) is 11.8. The van der Waals surface area contributed by atoms with E-state index in [1.807, 2.05) is 36.4 Å². The van der Waals surface area contributed by atoms with Crippen LogP contribution in [-0.2, 0) is 9.78 Å². The van der Waals surface area contributed by atoms with Gasteiger partial charge in [0.15, 0.2) is 0 Å². The first kappa shape index (κ1) is 27.0. The molecule has 0 heterocycles. The van der Waals surface area contributed by atoms with Gasteiger partial charge in [0, 0.05) is 0 Å². The van der Waals surface area contributed by atoms with Crippen LogP contribution in [0.1, 0.15) is 11.1 Å². The molecule has 196 valence electrons. The normalized spacial score (nSPS) is 12.6. The quantitative estimate of drug-likeness (QED) is 0.131. The van der Waals surface area contributed by atoms with Crippen molar-refractivity contribution in [3.63, 3.8) is 0 Å². The van der Waals surface area contributed by atoms with E-state index in [1.54, 1.807) is 48.5 Å². The molecule has 0 aliphatic carbocycles. The van der Waals surface area contributed by atoms with E-state index in [9.17, 15) is 10.2 Å². The molecule has 8 heteroatoms. The Morgan fingerprint density at radius 3 is 1.26 bits per heavy atom. The summed E-state index contributed by atoms with van der Waals surface area (Å²) in [5, 5.41) is 38.2. The van der Waals surface area contributed by atoms with Crippen molar-refractivity contribution in [2.45, 2.75) is 12.2 Å². The molecule has 0 bridgehead atoms. The topological polar surface area (TPSA) is 118 Å². The molecule has 0 radical (unpaired) electrons. The number of aliphatic hydroxyl groups is 2. The summed E-state index contributed by atoms with van der Waals surface area (Å²) < 4.78 is 12.0. The van der Waals surface area contributed by atoms with E-state index >= 15 is 0 Å². The molecule has 4 N–H and O–H groups in total. The lowest BCUT2D eigenvalue weighted by atomic mass is 10.0. The van der Waals surface area contributed by atoms with E-state index in [0.717, 1.165) is 10.8 Å². The molecular weight excluding hydrogens is 488 g/mol. The van der Waals surface area contributed by atoms with Gasteiger partial charge >= 0.3 is 0 Å². The number of benzene rings is 4. The summed E-state index contributed by atoms with van der Waals surface area (Å²) in [4.78, 5) is 8.49. The van der Waals surface area contributed by atoms with Crippen molar-refractivity contribution >= 4 is 21.9 Å². The van der Waals surface area contributed by atoms with Crippen LogP contribution in [0.4, 0.5) is 0 Å². The van der Waals surface area contributed by atoms with Gasteiger partial charge in [-0.15, -0.1) is 0 Å². The summed E-state index contributed by atoms with van der Waals surface area (Å²) >= 11 is 0. The van der Waals surface area contributed by atoms with Gasteiger partial charge < -0.3 is 19.7 Å². The minimum Gasteiger partial charge on any atom is -0.457 e. The average Bonchev–Trinajstić information content (AvgIpc) is 2.95. The Hall–Kier alpha value is -4.02. The summed E-state index contributed by atoms with van der Waals surface area (Å²) in [5.41, 5.74) is 2.32. The molecule has 0 amide bonds. The summed E-state index contributed by atoms with van der Waals surface area (Å²) in [6.07, 6.45) is -1.79. The molecule has 0 aromatic heterocycles. The maximum atomic E-state index is 9.26. The van der Waals surface area contributed by atoms with Crippen molar-refractivity contribution in [1.82, 2.24) is 0 Å². The van der Waals surface area contributed by atoms with Gasteiger partial charge in [0.25, 0.3) is 0 Å². The van der Waals surface area contributed by atoms with Crippen LogP contribution in [-0.4, -0.2) is 46.1 Å². The molecule has 2 atom stereocenters. The van der Waals surface area contributed by atoms with Crippen LogP contribution in [0.2, 0.25) is 0 Å². The van der Waals surface area contributed by atoms with E-state index in [0.29, 0.717) is 45.3 Å². The zero-order valence-electron chi connectivity index (χ0n) is 20.5. The molecule has 2 unspecified atom stereocenters. The van der Waals surface area contributed by atoms with Crippen LogP contribution in [0.25, 0.3) is 21.9 Å².